The first kappa shape index (κ1) is 16.2. The zero-order chi connectivity index (χ0) is 10.4. The van der Waals surface area contributed by atoms with Crippen LogP contribution >= 0.6 is 24.8 Å². The normalized spacial score (nSPS) is 10.9. The molecule has 0 saturated heterocycles. The van der Waals surface area contributed by atoms with Crippen LogP contribution in [0, 0.1) is 0 Å². The predicted molar refractivity (Wildman–Crippen MR) is 53.0 cm³/mol. The molecule has 0 amide bonds. The number of carboxylic acid groups (broad SMARTS) is 2. The SMILES string of the molecule is O=C(O)CCC(NC(=S)S)C(=O)O.[Zn+2]. The minimum atomic E-state index is -1.14. The van der Waals surface area contributed by atoms with E-state index in [-0.39, 0.29) is 36.6 Å². The molecule has 0 radical (unpaired) electrons. The summed E-state index contributed by atoms with van der Waals surface area (Å²) in [5.41, 5.74) is 0. The summed E-state index contributed by atoms with van der Waals surface area (Å²) in [6.45, 7) is 0. The van der Waals surface area contributed by atoms with Crippen molar-refractivity contribution in [1.29, 1.82) is 0 Å². The molecule has 0 rings (SSSR count). The van der Waals surface area contributed by atoms with Crippen LogP contribution < -0.4 is 5.32 Å². The van der Waals surface area contributed by atoms with Crippen molar-refractivity contribution in [3.63, 3.8) is 0 Å². The van der Waals surface area contributed by atoms with Gasteiger partial charge in [-0.3, -0.25) is 4.79 Å². The van der Waals surface area contributed by atoms with E-state index in [9.17, 15) is 9.59 Å². The van der Waals surface area contributed by atoms with E-state index in [0.29, 0.717) is 0 Å². The van der Waals surface area contributed by atoms with Gasteiger partial charge >= 0.3 is 31.4 Å². The van der Waals surface area contributed by atoms with Crippen molar-refractivity contribution in [3.05, 3.63) is 0 Å². The number of carbonyl (C=O) groups is 2. The number of nitrogens with one attached hydrogen (secondary N) is 1. The molecular weight excluding hydrogens is 280 g/mol. The first-order chi connectivity index (χ1) is 5.93. The predicted octanol–water partition coefficient (Wildman–Crippen LogP) is 0.106. The number of hydrogen-bond acceptors (Lipinski definition) is 3. The summed E-state index contributed by atoms with van der Waals surface area (Å²) in [6, 6.07) is -0.985. The van der Waals surface area contributed by atoms with Crippen molar-refractivity contribution in [1.82, 2.24) is 5.32 Å². The second-order valence-electron chi connectivity index (χ2n) is 2.27. The Kier molecular flexibility index (Phi) is 9.44. The maximum atomic E-state index is 10.5. The zero-order valence-corrected chi connectivity index (χ0v) is 11.9. The summed E-state index contributed by atoms with van der Waals surface area (Å²) in [5, 5.41) is 19.3. The molecule has 5 nitrogen and oxygen atoms in total. The van der Waals surface area contributed by atoms with Crippen LogP contribution in [0.2, 0.25) is 0 Å². The number of hydrogen-bond donors (Lipinski definition) is 4. The molecule has 0 saturated carbocycles. The third-order valence-electron chi connectivity index (χ3n) is 1.24. The summed E-state index contributed by atoms with van der Waals surface area (Å²) >= 11 is 8.20. The van der Waals surface area contributed by atoms with Gasteiger partial charge in [0.15, 0.2) is 0 Å². The maximum absolute atomic E-state index is 10.5. The smallest absolute Gasteiger partial charge is 0.481 e. The molecule has 8 heteroatoms. The molecule has 0 heterocycles. The quantitative estimate of drug-likeness (QED) is 0.326. The first-order valence-corrected chi connectivity index (χ1v) is 4.23. The van der Waals surface area contributed by atoms with Crippen LogP contribution in [0.25, 0.3) is 0 Å². The van der Waals surface area contributed by atoms with Gasteiger partial charge < -0.3 is 15.5 Å². The minimum absolute atomic E-state index is 0. The molecule has 0 aliphatic rings. The first-order valence-electron chi connectivity index (χ1n) is 3.37. The van der Waals surface area contributed by atoms with Crippen LogP contribution in [0.5, 0.6) is 0 Å². The van der Waals surface area contributed by atoms with Gasteiger partial charge in [-0.05, 0) is 6.42 Å². The maximum Gasteiger partial charge on any atom is 2.00 e. The van der Waals surface area contributed by atoms with E-state index < -0.39 is 18.0 Å². The molecule has 3 N–H and O–H groups in total. The van der Waals surface area contributed by atoms with Gasteiger partial charge in [-0.25, -0.2) is 4.79 Å². The molecule has 0 bridgehead atoms. The summed E-state index contributed by atoms with van der Waals surface area (Å²) in [6.07, 6.45) is -0.244. The van der Waals surface area contributed by atoms with Crippen molar-refractivity contribution < 1.29 is 39.3 Å². The summed E-state index contributed by atoms with van der Waals surface area (Å²) in [7, 11) is 0. The molecule has 0 spiro atoms. The zero-order valence-electron chi connectivity index (χ0n) is 7.27. The van der Waals surface area contributed by atoms with Crippen molar-refractivity contribution >= 4 is 41.1 Å². The average molecular weight is 289 g/mol. The fourth-order valence-corrected chi connectivity index (χ4v) is 0.972. The Morgan fingerprint density at radius 1 is 1.43 bits per heavy atom. The molecule has 0 aliphatic heterocycles. The summed E-state index contributed by atoms with van der Waals surface area (Å²) in [4.78, 5) is 20.6. The van der Waals surface area contributed by atoms with Crippen LogP contribution in [-0.2, 0) is 29.1 Å². The third-order valence-corrected chi connectivity index (χ3v) is 1.49. The average Bonchev–Trinajstić information content (AvgIpc) is 1.96. The van der Waals surface area contributed by atoms with Gasteiger partial charge in [0.05, 0.1) is 0 Å². The number of rotatable bonds is 5. The molecule has 0 aromatic rings. The van der Waals surface area contributed by atoms with Crippen molar-refractivity contribution in [3.8, 4) is 0 Å². The van der Waals surface area contributed by atoms with E-state index in [1.54, 1.807) is 0 Å². The number of carboxylic acids is 2. The van der Waals surface area contributed by atoms with Gasteiger partial charge in [0.25, 0.3) is 0 Å². The summed E-state index contributed by atoms with van der Waals surface area (Å²) < 4.78 is 0.0396. The van der Waals surface area contributed by atoms with Gasteiger partial charge in [-0.15, -0.1) is 12.6 Å². The largest absolute Gasteiger partial charge is 2.00 e. The van der Waals surface area contributed by atoms with Crippen molar-refractivity contribution in [2.24, 2.45) is 0 Å². The Morgan fingerprint density at radius 2 is 1.93 bits per heavy atom. The topological polar surface area (TPSA) is 86.6 Å². The third kappa shape index (κ3) is 8.40. The van der Waals surface area contributed by atoms with E-state index in [1.165, 1.54) is 0 Å². The molecule has 0 aromatic carbocycles. The molecule has 74 valence electrons. The molecular formula is C6H9NO4S2Zn+2. The Morgan fingerprint density at radius 3 is 2.21 bits per heavy atom. The van der Waals surface area contributed by atoms with Crippen LogP contribution in [0.3, 0.4) is 0 Å². The summed E-state index contributed by atoms with van der Waals surface area (Å²) in [5.74, 6) is -2.18. The Labute approximate surface area is 104 Å². The van der Waals surface area contributed by atoms with Crippen LogP contribution in [0.4, 0.5) is 0 Å². The van der Waals surface area contributed by atoms with Gasteiger partial charge in [0, 0.05) is 6.42 Å². The molecule has 1 unspecified atom stereocenters. The Balaban J connectivity index is 0. The van der Waals surface area contributed by atoms with E-state index in [2.05, 4.69) is 30.2 Å². The van der Waals surface area contributed by atoms with E-state index in [0.717, 1.165) is 0 Å². The molecule has 0 fully saturated rings. The Hall–Kier alpha value is -0.197. The monoisotopic (exact) mass is 287 g/mol. The van der Waals surface area contributed by atoms with Crippen LogP contribution in [0.15, 0.2) is 0 Å². The van der Waals surface area contributed by atoms with Gasteiger partial charge in [-0.2, -0.15) is 0 Å². The van der Waals surface area contributed by atoms with Crippen LogP contribution in [0.1, 0.15) is 12.8 Å². The molecule has 0 aliphatic carbocycles. The van der Waals surface area contributed by atoms with Crippen molar-refractivity contribution in [2.45, 2.75) is 18.9 Å². The molecule has 0 aromatic heterocycles. The molecule has 1 atom stereocenters. The minimum Gasteiger partial charge on any atom is -0.481 e. The van der Waals surface area contributed by atoms with E-state index >= 15 is 0 Å². The second-order valence-corrected chi connectivity index (χ2v) is 3.43. The second kappa shape index (κ2) is 8.14. The number of thiol groups is 1. The fourth-order valence-electron chi connectivity index (χ4n) is 0.674. The van der Waals surface area contributed by atoms with Gasteiger partial charge in [0.1, 0.15) is 10.4 Å². The standard InChI is InChI=1S/C6H9NO4S2.Zn/c8-4(9)2-1-3(5(10)11)7-6(12)13;/h3H,1-2H2,(H,8,9)(H,10,11)(H2,7,12,13);/q;+2. The van der Waals surface area contributed by atoms with E-state index in [4.69, 9.17) is 10.2 Å². The Bertz CT molecular complexity index is 236. The number of aliphatic carboxylic acids is 2. The van der Waals surface area contributed by atoms with Gasteiger partial charge in [0.2, 0.25) is 0 Å². The van der Waals surface area contributed by atoms with E-state index in [1.807, 2.05) is 0 Å². The molecule has 14 heavy (non-hydrogen) atoms. The van der Waals surface area contributed by atoms with Crippen molar-refractivity contribution in [2.75, 3.05) is 0 Å². The van der Waals surface area contributed by atoms with Crippen LogP contribution in [-0.4, -0.2) is 32.5 Å². The fraction of sp³-hybridized carbons (Fsp3) is 0.500. The number of thiocarbonyl (C=S) groups is 1. The van der Waals surface area contributed by atoms with Gasteiger partial charge in [-0.1, -0.05) is 12.2 Å².